The highest BCUT2D eigenvalue weighted by molar-refractivity contribution is 7.90. The fourth-order valence-corrected chi connectivity index (χ4v) is 3.61. The van der Waals surface area contributed by atoms with Crippen LogP contribution in [-0.4, -0.2) is 44.1 Å². The number of carbonyl (C=O) groups excluding carboxylic acids is 2. The number of ether oxygens (including phenoxy) is 2. The van der Waals surface area contributed by atoms with Gasteiger partial charge in [0.2, 0.25) is 0 Å². The Labute approximate surface area is 195 Å². The fraction of sp³-hybridized carbons (Fsp3) is 0.375. The van der Waals surface area contributed by atoms with E-state index in [1.54, 1.807) is 32.9 Å². The summed E-state index contributed by atoms with van der Waals surface area (Å²) in [5.74, 6) is -0.895. The van der Waals surface area contributed by atoms with E-state index in [2.05, 4.69) is 9.71 Å². The van der Waals surface area contributed by atoms with Gasteiger partial charge in [-0.05, 0) is 38.3 Å². The minimum Gasteiger partial charge on any atom is -0.459 e. The number of amides is 1. The first-order chi connectivity index (χ1) is 15.5. The van der Waals surface area contributed by atoms with E-state index >= 15 is 0 Å². The number of rotatable bonds is 10. The van der Waals surface area contributed by atoms with Crippen LogP contribution in [0.4, 0.5) is 4.79 Å². The summed E-state index contributed by atoms with van der Waals surface area (Å²) in [6.45, 7) is 5.08. The maximum absolute atomic E-state index is 12.6. The summed E-state index contributed by atoms with van der Waals surface area (Å²) in [5, 5.41) is 2.43. The molecular formula is C24H30N2O6S. The second kappa shape index (κ2) is 12.2. The molecule has 9 heteroatoms. The fourth-order valence-electron chi connectivity index (χ4n) is 2.70. The first kappa shape index (κ1) is 26.1. The molecular weight excluding hydrogens is 444 g/mol. The molecule has 8 nitrogen and oxygen atoms in total. The van der Waals surface area contributed by atoms with Gasteiger partial charge in [0.15, 0.2) is 0 Å². The molecule has 0 unspecified atom stereocenters. The van der Waals surface area contributed by atoms with Gasteiger partial charge in [0.1, 0.15) is 18.2 Å². The highest BCUT2D eigenvalue weighted by atomic mass is 32.2. The highest BCUT2D eigenvalue weighted by Gasteiger charge is 2.25. The SMILES string of the molecule is CC(C)(C)OC(=O)N[C@@H](CC=NS(=O)(=O)CCc1ccccc1)C(=O)OCc1ccccc1. The number of alkyl carbamates (subject to hydrolysis) is 1. The molecule has 33 heavy (non-hydrogen) atoms. The summed E-state index contributed by atoms with van der Waals surface area (Å²) in [6.07, 6.45) is 0.437. The van der Waals surface area contributed by atoms with Crippen molar-refractivity contribution in [3.8, 4) is 0 Å². The molecule has 1 atom stereocenters. The minimum atomic E-state index is -3.74. The highest BCUT2D eigenvalue weighted by Crippen LogP contribution is 2.09. The van der Waals surface area contributed by atoms with E-state index in [9.17, 15) is 18.0 Å². The Morgan fingerprint density at radius 2 is 1.58 bits per heavy atom. The van der Waals surface area contributed by atoms with Crippen LogP contribution in [0.3, 0.4) is 0 Å². The standard InChI is InChI=1S/C24H30N2O6S/c1-24(2,3)32-23(28)26-21(22(27)31-18-20-12-8-5-9-13-20)14-16-25-33(29,30)17-15-19-10-6-4-7-11-19/h4-13,16,21H,14-15,17-18H2,1-3H3,(H,26,28)/t21-/m0/s1. The number of benzene rings is 2. The predicted octanol–water partition coefficient (Wildman–Crippen LogP) is 3.66. The molecule has 0 saturated carbocycles. The lowest BCUT2D eigenvalue weighted by molar-refractivity contribution is -0.147. The Balaban J connectivity index is 2.00. The maximum Gasteiger partial charge on any atom is 0.408 e. The lowest BCUT2D eigenvalue weighted by Gasteiger charge is -2.22. The predicted molar refractivity (Wildman–Crippen MR) is 126 cm³/mol. The molecule has 0 saturated heterocycles. The Morgan fingerprint density at radius 3 is 2.15 bits per heavy atom. The summed E-state index contributed by atoms with van der Waals surface area (Å²) in [4.78, 5) is 24.7. The van der Waals surface area contributed by atoms with E-state index in [1.807, 2.05) is 48.5 Å². The Bertz CT molecular complexity index is 1030. The number of hydrogen-bond donors (Lipinski definition) is 1. The molecule has 0 radical (unpaired) electrons. The molecule has 2 aromatic carbocycles. The Morgan fingerprint density at radius 1 is 1.00 bits per heavy atom. The molecule has 2 aromatic rings. The first-order valence-corrected chi connectivity index (χ1v) is 12.2. The molecule has 2 rings (SSSR count). The number of carbonyl (C=O) groups is 2. The third kappa shape index (κ3) is 10.8. The largest absolute Gasteiger partial charge is 0.459 e. The molecule has 0 fully saturated rings. The zero-order chi connectivity index (χ0) is 24.3. The van der Waals surface area contributed by atoms with Crippen molar-refractivity contribution in [2.24, 2.45) is 4.40 Å². The summed E-state index contributed by atoms with van der Waals surface area (Å²) in [5.41, 5.74) is 0.890. The van der Waals surface area contributed by atoms with Crippen LogP contribution in [0.15, 0.2) is 65.1 Å². The molecule has 1 N–H and O–H groups in total. The number of sulfonamides is 1. The molecule has 0 bridgehead atoms. The van der Waals surface area contributed by atoms with Gasteiger partial charge < -0.3 is 14.8 Å². The smallest absolute Gasteiger partial charge is 0.408 e. The van der Waals surface area contributed by atoms with Crippen molar-refractivity contribution in [3.05, 3.63) is 71.8 Å². The van der Waals surface area contributed by atoms with Crippen LogP contribution in [0.2, 0.25) is 0 Å². The lowest BCUT2D eigenvalue weighted by Crippen LogP contribution is -2.44. The second-order valence-corrected chi connectivity index (χ2v) is 10.1. The van der Waals surface area contributed by atoms with Gasteiger partial charge >= 0.3 is 12.1 Å². The van der Waals surface area contributed by atoms with Crippen molar-refractivity contribution in [1.82, 2.24) is 5.32 Å². The van der Waals surface area contributed by atoms with E-state index in [0.717, 1.165) is 17.3 Å². The number of hydrogen-bond acceptors (Lipinski definition) is 6. The molecule has 1 amide bonds. The van der Waals surface area contributed by atoms with Gasteiger partial charge in [-0.2, -0.15) is 4.40 Å². The first-order valence-electron chi connectivity index (χ1n) is 10.5. The van der Waals surface area contributed by atoms with E-state index in [0.29, 0.717) is 6.42 Å². The van der Waals surface area contributed by atoms with Crippen LogP contribution in [0.5, 0.6) is 0 Å². The van der Waals surface area contributed by atoms with Crippen molar-refractivity contribution in [2.45, 2.75) is 51.9 Å². The average molecular weight is 475 g/mol. The topological polar surface area (TPSA) is 111 Å². The lowest BCUT2D eigenvalue weighted by atomic mass is 10.2. The monoisotopic (exact) mass is 474 g/mol. The zero-order valence-electron chi connectivity index (χ0n) is 19.1. The van der Waals surface area contributed by atoms with Crippen LogP contribution >= 0.6 is 0 Å². The van der Waals surface area contributed by atoms with E-state index in [4.69, 9.17) is 9.47 Å². The normalized spacial score (nSPS) is 12.8. The summed E-state index contributed by atoms with van der Waals surface area (Å²) < 4.78 is 38.6. The molecule has 0 aliphatic rings. The maximum atomic E-state index is 12.6. The summed E-state index contributed by atoms with van der Waals surface area (Å²) >= 11 is 0. The quantitative estimate of drug-likeness (QED) is 0.416. The van der Waals surface area contributed by atoms with E-state index in [-0.39, 0.29) is 18.8 Å². The van der Waals surface area contributed by atoms with Gasteiger partial charge in [0.05, 0.1) is 5.75 Å². The number of esters is 1. The molecule has 0 aliphatic heterocycles. The van der Waals surface area contributed by atoms with Crippen molar-refractivity contribution in [1.29, 1.82) is 0 Å². The van der Waals surface area contributed by atoms with Crippen molar-refractivity contribution < 1.29 is 27.5 Å². The van der Waals surface area contributed by atoms with E-state index < -0.39 is 33.7 Å². The Kier molecular flexibility index (Phi) is 9.59. The number of aryl methyl sites for hydroxylation is 1. The van der Waals surface area contributed by atoms with Gasteiger partial charge in [0, 0.05) is 12.6 Å². The van der Waals surface area contributed by atoms with Gasteiger partial charge in [-0.1, -0.05) is 60.7 Å². The van der Waals surface area contributed by atoms with Crippen LogP contribution in [0.1, 0.15) is 38.3 Å². The Hall–Kier alpha value is -3.20. The van der Waals surface area contributed by atoms with Gasteiger partial charge in [0.25, 0.3) is 10.0 Å². The molecule has 0 spiro atoms. The number of nitrogens with zero attached hydrogens (tertiary/aromatic N) is 1. The second-order valence-electron chi connectivity index (χ2n) is 8.34. The molecule has 0 aliphatic carbocycles. The van der Waals surface area contributed by atoms with Gasteiger partial charge in [-0.15, -0.1) is 0 Å². The van der Waals surface area contributed by atoms with Crippen molar-refractivity contribution >= 4 is 28.3 Å². The third-order valence-electron chi connectivity index (χ3n) is 4.27. The molecule has 0 aromatic heterocycles. The van der Waals surface area contributed by atoms with E-state index in [1.165, 1.54) is 0 Å². The third-order valence-corrected chi connectivity index (χ3v) is 5.46. The van der Waals surface area contributed by atoms with Crippen LogP contribution in [0, 0.1) is 0 Å². The van der Waals surface area contributed by atoms with Crippen LogP contribution in [-0.2, 0) is 37.3 Å². The number of nitrogens with one attached hydrogen (secondary N) is 1. The summed E-state index contributed by atoms with van der Waals surface area (Å²) in [7, 11) is -3.74. The summed E-state index contributed by atoms with van der Waals surface area (Å²) in [6, 6.07) is 17.1. The van der Waals surface area contributed by atoms with Crippen LogP contribution in [0.25, 0.3) is 0 Å². The van der Waals surface area contributed by atoms with Gasteiger partial charge in [-0.25, -0.2) is 18.0 Å². The van der Waals surface area contributed by atoms with Crippen molar-refractivity contribution in [3.63, 3.8) is 0 Å². The van der Waals surface area contributed by atoms with Crippen LogP contribution < -0.4 is 5.32 Å². The molecule has 0 heterocycles. The minimum absolute atomic E-state index is 0.0126. The average Bonchev–Trinajstić information content (AvgIpc) is 2.75. The van der Waals surface area contributed by atoms with Gasteiger partial charge in [-0.3, -0.25) is 0 Å². The zero-order valence-corrected chi connectivity index (χ0v) is 19.9. The molecule has 178 valence electrons. The van der Waals surface area contributed by atoms with Crippen molar-refractivity contribution in [2.75, 3.05) is 5.75 Å².